The fourth-order valence-corrected chi connectivity index (χ4v) is 2.65. The Kier molecular flexibility index (Phi) is 3.88. The first-order chi connectivity index (χ1) is 8.54. The fourth-order valence-electron chi connectivity index (χ4n) is 2.35. The summed E-state index contributed by atoms with van der Waals surface area (Å²) in [7, 11) is 2.21. The van der Waals surface area contributed by atoms with Crippen LogP contribution in [0, 0.1) is 25.2 Å². The normalized spacial score (nSPS) is 16.7. The summed E-state index contributed by atoms with van der Waals surface area (Å²) in [6.07, 6.45) is 0. The van der Waals surface area contributed by atoms with Gasteiger partial charge in [0.15, 0.2) is 0 Å². The summed E-state index contributed by atoms with van der Waals surface area (Å²) in [5.74, 6) is 0.975. The van der Waals surface area contributed by atoms with Gasteiger partial charge in [0.05, 0.1) is 11.5 Å². The van der Waals surface area contributed by atoms with E-state index in [4.69, 9.17) is 0 Å². The summed E-state index contributed by atoms with van der Waals surface area (Å²) >= 11 is 3.53. The third-order valence-electron chi connectivity index (χ3n) is 3.62. The molecule has 5 heteroatoms. The maximum absolute atomic E-state index is 9.37. The first kappa shape index (κ1) is 13.3. The third kappa shape index (κ3) is 2.36. The van der Waals surface area contributed by atoms with Gasteiger partial charge < -0.3 is 4.90 Å². The van der Waals surface area contributed by atoms with Crippen LogP contribution < -0.4 is 14.8 Å². The zero-order valence-corrected chi connectivity index (χ0v) is 12.7. The molecule has 2 N–H and O–H groups in total. The quantitative estimate of drug-likeness (QED) is 0.799. The van der Waals surface area contributed by atoms with Gasteiger partial charge in [0.1, 0.15) is 43.5 Å². The molecule has 18 heavy (non-hydrogen) atoms. The highest BCUT2D eigenvalue weighted by atomic mass is 79.9. The van der Waals surface area contributed by atoms with Crippen LogP contribution in [-0.2, 0) is 0 Å². The molecule has 1 fully saturated rings. The van der Waals surface area contributed by atoms with E-state index >= 15 is 0 Å². The van der Waals surface area contributed by atoms with Gasteiger partial charge in [-0.1, -0.05) is 0 Å². The monoisotopic (exact) mass is 310 g/mol. The molecule has 0 aromatic carbocycles. The number of aryl methyl sites for hydroxylation is 1. The smallest absolute Gasteiger partial charge is 0.293 e. The molecule has 0 unspecified atom stereocenters. The number of piperazine rings is 1. The minimum absolute atomic E-state index is 0.757. The van der Waals surface area contributed by atoms with E-state index in [1.165, 1.54) is 0 Å². The van der Waals surface area contributed by atoms with E-state index in [0.29, 0.717) is 0 Å². The molecule has 2 rings (SSSR count). The van der Waals surface area contributed by atoms with Crippen molar-refractivity contribution >= 4 is 21.7 Å². The molecule has 4 nitrogen and oxygen atoms in total. The van der Waals surface area contributed by atoms with Gasteiger partial charge in [0.2, 0.25) is 0 Å². The number of quaternary nitrogens is 1. The first-order valence-corrected chi connectivity index (χ1v) is 7.02. The van der Waals surface area contributed by atoms with E-state index in [0.717, 1.165) is 53.3 Å². The van der Waals surface area contributed by atoms with Gasteiger partial charge >= 0.3 is 0 Å². The van der Waals surface area contributed by atoms with Crippen LogP contribution in [0.4, 0.5) is 5.82 Å². The number of aromatic amines is 1. The topological polar surface area (TPSA) is 45.6 Å². The summed E-state index contributed by atoms with van der Waals surface area (Å²) in [5, 5.41) is 9.37. The molecule has 0 radical (unpaired) electrons. The number of likely N-dealkylation sites (N-methyl/N-ethyl adjacent to an activating group) is 1. The molecule has 1 aliphatic heterocycles. The molecule has 0 saturated carbocycles. The Morgan fingerprint density at radius 1 is 1.33 bits per heavy atom. The first-order valence-electron chi connectivity index (χ1n) is 6.23. The largest absolute Gasteiger partial charge is 0.331 e. The minimum atomic E-state index is 0.757. The molecule has 0 aliphatic carbocycles. The van der Waals surface area contributed by atoms with Crippen LogP contribution in [0.25, 0.3) is 0 Å². The van der Waals surface area contributed by atoms with E-state index in [2.05, 4.69) is 38.9 Å². The Labute approximate surface area is 116 Å². The molecule has 1 aromatic heterocycles. The number of rotatable bonds is 1. The van der Waals surface area contributed by atoms with Crippen LogP contribution in [0.2, 0.25) is 0 Å². The second-order valence-electron chi connectivity index (χ2n) is 4.97. The molecule has 96 valence electrons. The zero-order valence-electron chi connectivity index (χ0n) is 11.1. The van der Waals surface area contributed by atoms with E-state index in [9.17, 15) is 5.26 Å². The van der Waals surface area contributed by atoms with E-state index < -0.39 is 0 Å². The second-order valence-corrected chi connectivity index (χ2v) is 5.76. The van der Waals surface area contributed by atoms with Gasteiger partial charge in [-0.25, -0.2) is 9.88 Å². The summed E-state index contributed by atoms with van der Waals surface area (Å²) in [6.45, 7) is 8.26. The lowest BCUT2D eigenvalue weighted by Crippen LogP contribution is -3.12. The molecule has 0 bridgehead atoms. The predicted octanol–water partition coefficient (Wildman–Crippen LogP) is 0.0864. The summed E-state index contributed by atoms with van der Waals surface area (Å²) < 4.78 is 1.00. The standard InChI is InChI=1S/C13H17BrN4/c1-9-11(8-15)13(16-10(2)12(9)14)18-6-4-17(3)5-7-18/h4-7H2,1-3H3/p+2. The lowest BCUT2D eigenvalue weighted by molar-refractivity contribution is -0.880. The summed E-state index contributed by atoms with van der Waals surface area (Å²) in [6, 6.07) is 2.33. The molecular formula is C13H19BrN4+2. The van der Waals surface area contributed by atoms with Gasteiger partial charge in [-0.05, 0) is 35.3 Å². The van der Waals surface area contributed by atoms with Crippen molar-refractivity contribution in [3.8, 4) is 6.07 Å². The number of aromatic nitrogens is 1. The Morgan fingerprint density at radius 3 is 2.50 bits per heavy atom. The van der Waals surface area contributed by atoms with Crippen molar-refractivity contribution < 1.29 is 9.88 Å². The van der Waals surface area contributed by atoms with Crippen molar-refractivity contribution in [2.75, 3.05) is 38.1 Å². The predicted molar refractivity (Wildman–Crippen MR) is 73.7 cm³/mol. The van der Waals surface area contributed by atoms with Crippen molar-refractivity contribution in [3.05, 3.63) is 21.3 Å². The molecule has 1 saturated heterocycles. The van der Waals surface area contributed by atoms with Crippen LogP contribution in [0.15, 0.2) is 4.47 Å². The van der Waals surface area contributed by atoms with Crippen molar-refractivity contribution in [1.29, 1.82) is 5.26 Å². The van der Waals surface area contributed by atoms with E-state index in [1.54, 1.807) is 4.90 Å². The molecule has 0 spiro atoms. The highest BCUT2D eigenvalue weighted by molar-refractivity contribution is 9.10. The van der Waals surface area contributed by atoms with Crippen LogP contribution in [0.1, 0.15) is 16.8 Å². The SMILES string of the molecule is Cc1[nH+]c(N2CC[NH+](C)CC2)c(C#N)c(C)c1Br. The Balaban J connectivity index is 2.42. The van der Waals surface area contributed by atoms with Crippen molar-refractivity contribution in [2.45, 2.75) is 13.8 Å². The fraction of sp³-hybridized carbons (Fsp3) is 0.538. The lowest BCUT2D eigenvalue weighted by atomic mass is 10.1. The lowest BCUT2D eigenvalue weighted by Gasteiger charge is -2.26. The number of pyridine rings is 1. The summed E-state index contributed by atoms with van der Waals surface area (Å²) in [5.41, 5.74) is 2.86. The number of hydrogen-bond donors (Lipinski definition) is 1. The number of nitrogens with zero attached hydrogens (tertiary/aromatic N) is 2. The molecule has 0 amide bonds. The zero-order chi connectivity index (χ0) is 13.3. The van der Waals surface area contributed by atoms with Crippen LogP contribution in [0.3, 0.4) is 0 Å². The Morgan fingerprint density at radius 2 is 1.94 bits per heavy atom. The van der Waals surface area contributed by atoms with Crippen LogP contribution in [0.5, 0.6) is 0 Å². The van der Waals surface area contributed by atoms with Gasteiger partial charge in [-0.2, -0.15) is 5.26 Å². The van der Waals surface area contributed by atoms with Gasteiger partial charge in [-0.15, -0.1) is 0 Å². The van der Waals surface area contributed by atoms with Crippen molar-refractivity contribution in [2.24, 2.45) is 0 Å². The van der Waals surface area contributed by atoms with Crippen molar-refractivity contribution in [3.63, 3.8) is 0 Å². The molecule has 0 atom stereocenters. The number of halogens is 1. The van der Waals surface area contributed by atoms with Crippen LogP contribution >= 0.6 is 15.9 Å². The number of hydrogen-bond acceptors (Lipinski definition) is 2. The highest BCUT2D eigenvalue weighted by Gasteiger charge is 2.29. The summed E-state index contributed by atoms with van der Waals surface area (Å²) in [4.78, 5) is 7.21. The molecule has 1 aliphatic rings. The maximum atomic E-state index is 9.37. The van der Waals surface area contributed by atoms with E-state index in [-0.39, 0.29) is 0 Å². The number of nitriles is 1. The maximum Gasteiger partial charge on any atom is 0.293 e. The Bertz CT molecular complexity index is 499. The van der Waals surface area contributed by atoms with Crippen LogP contribution in [-0.4, -0.2) is 33.2 Å². The second kappa shape index (κ2) is 5.25. The molecule has 2 heterocycles. The highest BCUT2D eigenvalue weighted by Crippen LogP contribution is 2.26. The third-order valence-corrected chi connectivity index (χ3v) is 4.81. The number of nitrogens with one attached hydrogen (secondary N) is 2. The number of H-pyrrole nitrogens is 1. The molecular weight excluding hydrogens is 292 g/mol. The van der Waals surface area contributed by atoms with Gasteiger partial charge in [0.25, 0.3) is 5.82 Å². The molecule has 1 aromatic rings. The van der Waals surface area contributed by atoms with E-state index in [1.807, 2.05) is 13.8 Å². The Hall–Kier alpha value is -1.12. The minimum Gasteiger partial charge on any atom is -0.331 e. The van der Waals surface area contributed by atoms with Gasteiger partial charge in [-0.3, -0.25) is 0 Å². The average Bonchev–Trinajstić information content (AvgIpc) is 2.37. The van der Waals surface area contributed by atoms with Crippen molar-refractivity contribution in [1.82, 2.24) is 0 Å². The van der Waals surface area contributed by atoms with Gasteiger partial charge in [0, 0.05) is 0 Å². The average molecular weight is 311 g/mol. The number of anilines is 1.